The van der Waals surface area contributed by atoms with Crippen molar-refractivity contribution in [3.63, 3.8) is 0 Å². The summed E-state index contributed by atoms with van der Waals surface area (Å²) >= 11 is 0. The van der Waals surface area contributed by atoms with Crippen molar-refractivity contribution in [1.82, 2.24) is 16.0 Å². The minimum atomic E-state index is -2.87. The molecule has 5 unspecified atom stereocenters. The molecule has 21 heteroatoms. The molecule has 2 aromatic carbocycles. The zero-order valence-corrected chi connectivity index (χ0v) is 32.9. The summed E-state index contributed by atoms with van der Waals surface area (Å²) in [7, 11) is 0. The summed E-state index contributed by atoms with van der Waals surface area (Å²) in [5, 5.41) is 105. The first-order valence-corrected chi connectivity index (χ1v) is 19.2. The van der Waals surface area contributed by atoms with E-state index in [1.165, 1.54) is 13.8 Å². The predicted octanol–water partition coefficient (Wildman–Crippen LogP) is -3.90. The maximum absolute atomic E-state index is 13.0. The molecule has 3 heterocycles. The molecule has 3 fully saturated rings. The van der Waals surface area contributed by atoms with Gasteiger partial charge in [0.15, 0.2) is 6.29 Å². The number of hydrogen-bond acceptors (Lipinski definition) is 17. The van der Waals surface area contributed by atoms with Crippen LogP contribution in [-0.2, 0) is 38.1 Å². The van der Waals surface area contributed by atoms with E-state index in [-0.39, 0.29) is 5.56 Å². The summed E-state index contributed by atoms with van der Waals surface area (Å²) in [5.74, 6) is -6.62. The number of nitrogens with one attached hydrogen (secondary N) is 3. The number of aliphatic hydroxyl groups is 8. The molecule has 0 radical (unpaired) electrons. The summed E-state index contributed by atoms with van der Waals surface area (Å²) in [6.45, 7) is 1.54. The Hall–Kier alpha value is -4.20. The van der Waals surface area contributed by atoms with Crippen molar-refractivity contribution in [2.45, 2.75) is 125 Å². The summed E-state index contributed by atoms with van der Waals surface area (Å²) in [5.41, 5.74) is 1.97. The molecule has 2 aromatic rings. The third-order valence-electron chi connectivity index (χ3n) is 10.7. The second-order valence-electron chi connectivity index (χ2n) is 15.1. The molecule has 332 valence electrons. The van der Waals surface area contributed by atoms with Crippen LogP contribution in [0.25, 0.3) is 11.1 Å². The summed E-state index contributed by atoms with van der Waals surface area (Å²) in [6, 6.07) is 13.4. The van der Waals surface area contributed by atoms with Gasteiger partial charge in [0.25, 0.3) is 11.7 Å². The SMILES string of the molecule is CC(=O)NC1[C@H](C)OC(CO)[C@H](O[C@@H]2OC(CO[C@]3(C(=O)O)C[C@H](O)[C@@H](NC(C)=O)C([C@H](O)[C@H](O)CNC(=O)c4ccc(-c5ccccc5)cc4)O3)[C@H](O)[C@H](O)C2O)[C@@H]1O. The van der Waals surface area contributed by atoms with E-state index in [4.69, 9.17) is 23.7 Å². The zero-order chi connectivity index (χ0) is 44.1. The number of ether oxygens (including phenoxy) is 5. The summed E-state index contributed by atoms with van der Waals surface area (Å²) in [4.78, 5) is 49.7. The number of carbonyl (C=O) groups excluding carboxylic acids is 3. The monoisotopic (exact) mass is 851 g/mol. The molecule has 21 nitrogen and oxygen atoms in total. The molecule has 3 aliphatic heterocycles. The molecule has 3 amide bonds. The molecule has 5 rings (SSSR count). The van der Waals surface area contributed by atoms with Crippen molar-refractivity contribution in [3.05, 3.63) is 60.2 Å². The lowest BCUT2D eigenvalue weighted by molar-refractivity contribution is -0.353. The van der Waals surface area contributed by atoms with Crippen molar-refractivity contribution in [2.24, 2.45) is 0 Å². The van der Waals surface area contributed by atoms with Gasteiger partial charge in [-0.3, -0.25) is 14.4 Å². The second-order valence-corrected chi connectivity index (χ2v) is 15.1. The van der Waals surface area contributed by atoms with Gasteiger partial charge in [0.1, 0.15) is 54.9 Å². The van der Waals surface area contributed by atoms with Gasteiger partial charge in [0.2, 0.25) is 11.8 Å². The Balaban J connectivity index is 1.29. The third-order valence-corrected chi connectivity index (χ3v) is 10.7. The number of carboxylic acid groups (broad SMARTS) is 1. The fourth-order valence-corrected chi connectivity index (χ4v) is 7.46. The van der Waals surface area contributed by atoms with Gasteiger partial charge in [-0.25, -0.2) is 4.79 Å². The standard InChI is InChI=1S/C39H53N3O18/c1-17-27(41-18(2)44)31(50)34(25(15-43)57-17)59-37-33(52)32(51)30(49)26(58-37)16-56-39(38(54)55)13-23(46)28(42-19(3)45)35(60-39)29(48)24(47)14-40-36(53)22-11-9-21(10-12-22)20-7-5-4-6-8-20/h4-12,17,23-35,37,43,46-52H,13-16H2,1-3H3,(H,40,53)(H,41,44)(H,42,45)(H,54,55)/t17-,23-,24+,25?,26?,27?,28+,29+,30-,31+,32-,33?,34-,35?,37-,39+/m0/s1. The normalized spacial score (nSPS) is 35.4. The van der Waals surface area contributed by atoms with Gasteiger partial charge in [0.05, 0.1) is 43.6 Å². The van der Waals surface area contributed by atoms with Crippen LogP contribution < -0.4 is 16.0 Å². The maximum atomic E-state index is 13.0. The highest BCUT2D eigenvalue weighted by molar-refractivity contribution is 5.94. The van der Waals surface area contributed by atoms with E-state index < -0.39 is 147 Å². The molecule has 60 heavy (non-hydrogen) atoms. The lowest BCUT2D eigenvalue weighted by Gasteiger charge is -2.48. The first-order chi connectivity index (χ1) is 28.4. The molecule has 0 aromatic heterocycles. The molecule has 12 N–H and O–H groups in total. The average Bonchev–Trinajstić information content (AvgIpc) is 3.22. The Morgan fingerprint density at radius 1 is 0.817 bits per heavy atom. The Bertz CT molecular complexity index is 1770. The minimum absolute atomic E-state index is 0.216. The smallest absolute Gasteiger partial charge is 0.364 e. The summed E-state index contributed by atoms with van der Waals surface area (Å²) < 4.78 is 28.5. The quantitative estimate of drug-likeness (QED) is 0.0815. The van der Waals surface area contributed by atoms with Crippen molar-refractivity contribution >= 4 is 23.7 Å². The van der Waals surface area contributed by atoms with Crippen LogP contribution in [0.5, 0.6) is 0 Å². The largest absolute Gasteiger partial charge is 0.477 e. The van der Waals surface area contributed by atoms with Gasteiger partial charge in [-0.1, -0.05) is 42.5 Å². The van der Waals surface area contributed by atoms with Gasteiger partial charge in [-0.2, -0.15) is 0 Å². The Morgan fingerprint density at radius 3 is 2.03 bits per heavy atom. The molecule has 0 aliphatic carbocycles. The molecule has 16 atom stereocenters. The highest BCUT2D eigenvalue weighted by Crippen LogP contribution is 2.35. The lowest BCUT2D eigenvalue weighted by atomic mass is 9.88. The third kappa shape index (κ3) is 10.6. The van der Waals surface area contributed by atoms with Crippen LogP contribution in [0.1, 0.15) is 37.6 Å². The van der Waals surface area contributed by atoms with Crippen molar-refractivity contribution in [1.29, 1.82) is 0 Å². The maximum Gasteiger partial charge on any atom is 0.364 e. The fourth-order valence-electron chi connectivity index (χ4n) is 7.46. The van der Waals surface area contributed by atoms with E-state index in [0.717, 1.165) is 18.1 Å². The van der Waals surface area contributed by atoms with Crippen LogP contribution in [0.4, 0.5) is 0 Å². The van der Waals surface area contributed by atoms with Gasteiger partial charge in [-0.05, 0) is 30.2 Å². The number of carbonyl (C=O) groups is 4. The number of carboxylic acids is 1. The lowest BCUT2D eigenvalue weighted by Crippen LogP contribution is -2.69. The van der Waals surface area contributed by atoms with Gasteiger partial charge in [-0.15, -0.1) is 0 Å². The topological polar surface area (TPSA) is 333 Å². The Labute approximate surface area is 343 Å². The van der Waals surface area contributed by atoms with Crippen LogP contribution in [0.15, 0.2) is 54.6 Å². The van der Waals surface area contributed by atoms with Gasteiger partial charge < -0.3 is 85.6 Å². The van der Waals surface area contributed by atoms with Crippen molar-refractivity contribution in [3.8, 4) is 11.1 Å². The molecular weight excluding hydrogens is 798 g/mol. The first kappa shape index (κ1) is 46.9. The molecule has 0 spiro atoms. The van der Waals surface area contributed by atoms with Crippen LogP contribution in [0.3, 0.4) is 0 Å². The predicted molar refractivity (Wildman–Crippen MR) is 202 cm³/mol. The van der Waals surface area contributed by atoms with E-state index in [0.29, 0.717) is 0 Å². The number of benzene rings is 2. The second kappa shape index (κ2) is 20.1. The Kier molecular flexibility index (Phi) is 15.7. The van der Waals surface area contributed by atoms with Gasteiger partial charge >= 0.3 is 5.97 Å². The number of rotatable bonds is 15. The molecule has 3 saturated heterocycles. The van der Waals surface area contributed by atoms with E-state index in [2.05, 4.69) is 16.0 Å². The average molecular weight is 852 g/mol. The number of hydrogen-bond donors (Lipinski definition) is 12. The molecule has 0 saturated carbocycles. The highest BCUT2D eigenvalue weighted by atomic mass is 16.8. The van der Waals surface area contributed by atoms with E-state index in [9.17, 15) is 65.1 Å². The van der Waals surface area contributed by atoms with Crippen LogP contribution in [-0.4, -0.2) is 187 Å². The molecule has 0 bridgehead atoms. The fraction of sp³-hybridized carbons (Fsp3) is 0.590. The number of amides is 3. The van der Waals surface area contributed by atoms with E-state index in [1.54, 1.807) is 24.3 Å². The van der Waals surface area contributed by atoms with Crippen LogP contribution in [0.2, 0.25) is 0 Å². The van der Waals surface area contributed by atoms with Crippen molar-refractivity contribution < 1.29 is 88.8 Å². The number of aliphatic carboxylic acids is 1. The van der Waals surface area contributed by atoms with Gasteiger partial charge in [0, 0.05) is 32.4 Å². The van der Waals surface area contributed by atoms with Crippen LogP contribution >= 0.6 is 0 Å². The minimum Gasteiger partial charge on any atom is -0.477 e. The first-order valence-electron chi connectivity index (χ1n) is 19.2. The molecular formula is C39H53N3O18. The Morgan fingerprint density at radius 2 is 1.43 bits per heavy atom. The van der Waals surface area contributed by atoms with E-state index >= 15 is 0 Å². The number of aliphatic hydroxyl groups excluding tert-OH is 8. The highest BCUT2D eigenvalue weighted by Gasteiger charge is 2.57. The van der Waals surface area contributed by atoms with Crippen LogP contribution in [0, 0.1) is 0 Å². The zero-order valence-electron chi connectivity index (χ0n) is 32.9. The van der Waals surface area contributed by atoms with E-state index in [1.807, 2.05) is 30.3 Å². The summed E-state index contributed by atoms with van der Waals surface area (Å²) in [6.07, 6.45) is -23.2. The molecule has 3 aliphatic rings. The van der Waals surface area contributed by atoms with Crippen molar-refractivity contribution in [2.75, 3.05) is 19.8 Å².